The Labute approximate surface area is 210 Å². The number of carbonyl (C=O) groups is 2. The van der Waals surface area contributed by atoms with E-state index < -0.39 is 6.04 Å². The summed E-state index contributed by atoms with van der Waals surface area (Å²) in [6.07, 6.45) is 4.45. The van der Waals surface area contributed by atoms with E-state index in [0.717, 1.165) is 30.8 Å². The van der Waals surface area contributed by atoms with Crippen molar-refractivity contribution >= 4 is 11.8 Å². The lowest BCUT2D eigenvalue weighted by atomic mass is 10.1. The Hall–Kier alpha value is -3.56. The van der Waals surface area contributed by atoms with E-state index in [-0.39, 0.29) is 29.6 Å². The molecule has 1 unspecified atom stereocenters. The van der Waals surface area contributed by atoms with Crippen molar-refractivity contribution in [2.45, 2.75) is 24.4 Å². The van der Waals surface area contributed by atoms with Crippen molar-refractivity contribution < 1.29 is 14.0 Å². The Balaban J connectivity index is 1.24. The molecule has 1 aliphatic heterocycles. The first-order valence-corrected chi connectivity index (χ1v) is 12.3. The molecule has 1 aliphatic carbocycles. The highest BCUT2D eigenvalue weighted by atomic mass is 19.1. The summed E-state index contributed by atoms with van der Waals surface area (Å²) >= 11 is 0. The van der Waals surface area contributed by atoms with Crippen LogP contribution in [-0.2, 0) is 4.79 Å². The van der Waals surface area contributed by atoms with Gasteiger partial charge in [-0.05, 0) is 61.5 Å². The molecule has 9 heteroatoms. The molecule has 1 saturated heterocycles. The maximum absolute atomic E-state index is 13.4. The van der Waals surface area contributed by atoms with Gasteiger partial charge in [-0.15, -0.1) is 0 Å². The molecule has 3 aromatic rings. The molecule has 2 aliphatic rings. The summed E-state index contributed by atoms with van der Waals surface area (Å²) in [4.78, 5) is 30.5. The number of carbonyl (C=O) groups excluding carboxylic acids is 2. The first-order chi connectivity index (χ1) is 17.5. The minimum absolute atomic E-state index is 0.0731. The van der Waals surface area contributed by atoms with Gasteiger partial charge in [0.2, 0.25) is 5.91 Å². The third kappa shape index (κ3) is 5.63. The number of piperazine rings is 1. The summed E-state index contributed by atoms with van der Waals surface area (Å²) < 4.78 is 15.0. The molecule has 5 rings (SSSR count). The largest absolute Gasteiger partial charge is 0.339 e. The highest BCUT2D eigenvalue weighted by molar-refractivity contribution is 5.97. The first kappa shape index (κ1) is 24.1. The topological polar surface area (TPSA) is 82.5 Å². The molecule has 0 bridgehead atoms. The van der Waals surface area contributed by atoms with Crippen molar-refractivity contribution in [1.82, 2.24) is 30.2 Å². The maximum Gasteiger partial charge on any atom is 0.251 e. The average molecular weight is 491 g/mol. The minimum Gasteiger partial charge on any atom is -0.339 e. The second-order valence-corrected chi connectivity index (χ2v) is 9.56. The number of likely N-dealkylation sites (N-methyl/N-ethyl adjacent to an activating group) is 1. The second-order valence-electron chi connectivity index (χ2n) is 9.56. The Morgan fingerprint density at radius 2 is 1.78 bits per heavy atom. The number of aromatic nitrogens is 2. The van der Waals surface area contributed by atoms with Gasteiger partial charge in [-0.25, -0.2) is 9.07 Å². The van der Waals surface area contributed by atoms with Gasteiger partial charge < -0.3 is 20.4 Å². The summed E-state index contributed by atoms with van der Waals surface area (Å²) in [6.45, 7) is 3.24. The maximum atomic E-state index is 13.4. The number of rotatable bonds is 8. The van der Waals surface area contributed by atoms with E-state index in [1.807, 2.05) is 48.5 Å². The number of hydrogen-bond acceptors (Lipinski definition) is 5. The van der Waals surface area contributed by atoms with Crippen molar-refractivity contribution in [1.29, 1.82) is 0 Å². The summed E-state index contributed by atoms with van der Waals surface area (Å²) in [7, 11) is 2.04. The average Bonchev–Trinajstić information content (AvgIpc) is 3.46. The third-order valence-corrected chi connectivity index (χ3v) is 6.99. The number of benzene rings is 2. The summed E-state index contributed by atoms with van der Waals surface area (Å²) in [5.41, 5.74) is 2.42. The minimum atomic E-state index is -0.679. The Morgan fingerprint density at radius 1 is 1.06 bits per heavy atom. The second kappa shape index (κ2) is 10.6. The highest BCUT2D eigenvalue weighted by Gasteiger charge is 2.39. The molecule has 3 atom stereocenters. The van der Waals surface area contributed by atoms with E-state index in [2.05, 4.69) is 20.6 Å². The van der Waals surface area contributed by atoms with Crippen LogP contribution in [0.4, 0.5) is 4.39 Å². The summed E-state index contributed by atoms with van der Waals surface area (Å²) in [6, 6.07) is 15.1. The van der Waals surface area contributed by atoms with Crippen LogP contribution in [0.15, 0.2) is 67.0 Å². The van der Waals surface area contributed by atoms with E-state index in [1.165, 1.54) is 12.1 Å². The lowest BCUT2D eigenvalue weighted by Crippen LogP contribution is -2.57. The van der Waals surface area contributed by atoms with Gasteiger partial charge in [0.1, 0.15) is 11.9 Å². The molecular weight excluding hydrogens is 459 g/mol. The quantitative estimate of drug-likeness (QED) is 0.505. The predicted octanol–water partition coefficient (Wildman–Crippen LogP) is 2.03. The van der Waals surface area contributed by atoms with Crippen LogP contribution < -0.4 is 10.6 Å². The zero-order valence-electron chi connectivity index (χ0n) is 20.3. The Morgan fingerprint density at radius 3 is 2.44 bits per heavy atom. The van der Waals surface area contributed by atoms with E-state index in [1.54, 1.807) is 23.0 Å². The van der Waals surface area contributed by atoms with Gasteiger partial charge in [-0.2, -0.15) is 5.10 Å². The Bertz CT molecular complexity index is 1170. The fourth-order valence-electron chi connectivity index (χ4n) is 4.64. The normalized spacial score (nSPS) is 20.7. The van der Waals surface area contributed by atoms with Crippen molar-refractivity contribution in [3.05, 3.63) is 83.9 Å². The number of nitrogens with one attached hydrogen (secondary N) is 2. The van der Waals surface area contributed by atoms with Gasteiger partial charge in [0, 0.05) is 62.6 Å². The monoisotopic (exact) mass is 490 g/mol. The lowest BCUT2D eigenvalue weighted by Gasteiger charge is -2.35. The van der Waals surface area contributed by atoms with Gasteiger partial charge >= 0.3 is 0 Å². The van der Waals surface area contributed by atoms with E-state index in [0.29, 0.717) is 25.2 Å². The van der Waals surface area contributed by atoms with Crippen molar-refractivity contribution in [3.8, 4) is 5.69 Å². The molecule has 2 fully saturated rings. The summed E-state index contributed by atoms with van der Waals surface area (Å²) in [5.74, 6) is -0.323. The first-order valence-electron chi connectivity index (χ1n) is 12.3. The van der Waals surface area contributed by atoms with Gasteiger partial charge in [0.25, 0.3) is 5.91 Å². The van der Waals surface area contributed by atoms with Crippen molar-refractivity contribution in [2.24, 2.45) is 0 Å². The lowest BCUT2D eigenvalue weighted by molar-refractivity contribution is -0.134. The number of hydrogen-bond donors (Lipinski definition) is 2. The smallest absolute Gasteiger partial charge is 0.251 e. The molecule has 0 radical (unpaired) electrons. The molecule has 2 N–H and O–H groups in total. The Kier molecular flexibility index (Phi) is 7.11. The molecule has 36 heavy (non-hydrogen) atoms. The van der Waals surface area contributed by atoms with Crippen LogP contribution in [-0.4, -0.2) is 83.2 Å². The fraction of sp³-hybridized carbons (Fsp3) is 0.370. The van der Waals surface area contributed by atoms with Crippen LogP contribution in [0, 0.1) is 5.82 Å². The summed E-state index contributed by atoms with van der Waals surface area (Å²) in [5, 5.41) is 10.6. The fourth-order valence-corrected chi connectivity index (χ4v) is 4.64. The van der Waals surface area contributed by atoms with Gasteiger partial charge in [0.15, 0.2) is 0 Å². The molecule has 8 nitrogen and oxygen atoms in total. The third-order valence-electron chi connectivity index (χ3n) is 6.99. The zero-order valence-corrected chi connectivity index (χ0v) is 20.3. The molecule has 2 heterocycles. The van der Waals surface area contributed by atoms with E-state index >= 15 is 0 Å². The molecule has 188 valence electrons. The van der Waals surface area contributed by atoms with Crippen LogP contribution in [0.25, 0.3) is 5.69 Å². The van der Waals surface area contributed by atoms with Crippen molar-refractivity contribution in [2.75, 3.05) is 39.8 Å². The van der Waals surface area contributed by atoms with Gasteiger partial charge in [-0.3, -0.25) is 9.59 Å². The SMILES string of the molecule is CN1CCN(C(=O)[C@H](CNC2C[C@H]2c2ccc(F)cc2)NC(=O)c2ccc(-n3cccn3)cc2)CC1. The molecular formula is C27H31FN6O2. The standard InChI is InChI=1S/C27H31FN6O2/c1-32-13-15-33(16-14-32)27(36)25(18-29-24-17-23(24)19-3-7-21(28)8-4-19)31-26(35)20-5-9-22(10-6-20)34-12-2-11-30-34/h2-12,23-25,29H,13-18H2,1H3,(H,31,35)/t23-,24?,25-/m0/s1. The van der Waals surface area contributed by atoms with Crippen LogP contribution in [0.2, 0.25) is 0 Å². The predicted molar refractivity (Wildman–Crippen MR) is 134 cm³/mol. The van der Waals surface area contributed by atoms with E-state index in [9.17, 15) is 14.0 Å². The molecule has 1 saturated carbocycles. The van der Waals surface area contributed by atoms with Crippen molar-refractivity contribution in [3.63, 3.8) is 0 Å². The number of amides is 2. The number of nitrogens with zero attached hydrogens (tertiary/aromatic N) is 4. The van der Waals surface area contributed by atoms with Crippen LogP contribution in [0.5, 0.6) is 0 Å². The van der Waals surface area contributed by atoms with E-state index in [4.69, 9.17) is 0 Å². The molecule has 2 amide bonds. The molecule has 0 spiro atoms. The van der Waals surface area contributed by atoms with Gasteiger partial charge in [0.05, 0.1) is 5.69 Å². The van der Waals surface area contributed by atoms with Gasteiger partial charge in [-0.1, -0.05) is 12.1 Å². The molecule has 1 aromatic heterocycles. The van der Waals surface area contributed by atoms with Crippen LogP contribution in [0.3, 0.4) is 0 Å². The zero-order chi connectivity index (χ0) is 25.1. The molecule has 2 aromatic carbocycles. The van der Waals surface area contributed by atoms with Crippen LogP contribution in [0.1, 0.15) is 28.3 Å². The highest BCUT2D eigenvalue weighted by Crippen LogP contribution is 2.40. The van der Waals surface area contributed by atoms with Crippen LogP contribution >= 0.6 is 0 Å². The number of halogens is 1.